The Hall–Kier alpha value is -0.440. The predicted molar refractivity (Wildman–Crippen MR) is 395 cm³/mol. The summed E-state index contributed by atoms with van der Waals surface area (Å²) in [4.78, 5) is 0. The fourth-order valence-electron chi connectivity index (χ4n) is 12.0. The molecule has 0 rings (SSSR count). The van der Waals surface area contributed by atoms with Gasteiger partial charge >= 0.3 is 0 Å². The molecule has 0 aliphatic carbocycles. The van der Waals surface area contributed by atoms with Crippen LogP contribution in [0, 0.1) is 5.41 Å². The molecule has 0 aromatic carbocycles. The predicted octanol–water partition coefficient (Wildman–Crippen LogP) is 28.4. The summed E-state index contributed by atoms with van der Waals surface area (Å²) < 4.78 is 26.2. The van der Waals surface area contributed by atoms with Gasteiger partial charge in [0.15, 0.2) is 20.2 Å². The van der Waals surface area contributed by atoms with Crippen molar-refractivity contribution in [3.8, 4) is 0 Å². The molecule has 0 fully saturated rings. The van der Waals surface area contributed by atoms with Crippen LogP contribution in [0.25, 0.3) is 0 Å². The van der Waals surface area contributed by atoms with Gasteiger partial charge in [0, 0.05) is 25.7 Å². The van der Waals surface area contributed by atoms with E-state index >= 15 is 0 Å². The largest absolute Gasteiger partial charge is 0.486 e. The van der Waals surface area contributed by atoms with E-state index in [1.807, 2.05) is 0 Å². The second kappa shape index (κ2) is 71.0. The lowest BCUT2D eigenvalue weighted by atomic mass is 9.92. The number of hydrogen-bond donors (Lipinski definition) is 0. The number of unbranched alkanes of at least 4 members (excludes halogenated alkanes) is 56. The molecule has 85 heavy (non-hydrogen) atoms. The molecule has 0 unspecified atom stereocenters. The number of thiocarbonyl (C=S) groups is 4. The van der Waals surface area contributed by atoms with Gasteiger partial charge < -0.3 is 18.9 Å². The Bertz CT molecular complexity index is 1180. The van der Waals surface area contributed by atoms with Crippen molar-refractivity contribution in [1.29, 1.82) is 0 Å². The molecule has 0 aromatic heterocycles. The van der Waals surface area contributed by atoms with Crippen molar-refractivity contribution in [1.82, 2.24) is 0 Å². The van der Waals surface area contributed by atoms with Gasteiger partial charge in [-0.15, -0.1) is 0 Å². The molecule has 0 saturated heterocycles. The molecule has 4 nitrogen and oxygen atoms in total. The highest BCUT2D eigenvalue weighted by Gasteiger charge is 2.37. The summed E-state index contributed by atoms with van der Waals surface area (Å²) in [6.07, 6.45) is 84.0. The molecule has 0 saturated carbocycles. The Labute approximate surface area is 554 Å². The maximum absolute atomic E-state index is 6.56. The summed E-state index contributed by atoms with van der Waals surface area (Å²) in [7, 11) is 0. The molecule has 8 heteroatoms. The highest BCUT2D eigenvalue weighted by atomic mass is 32.1. The number of ether oxygens (including phenoxy) is 4. The first-order chi connectivity index (χ1) is 41.8. The van der Waals surface area contributed by atoms with Crippen molar-refractivity contribution in [2.45, 2.75) is 439 Å². The molecular formula is C77H148O4S4. The second-order valence-corrected chi connectivity index (χ2v) is 28.8. The molecular weight excluding hydrogens is 1120 g/mol. The van der Waals surface area contributed by atoms with Gasteiger partial charge in [-0.1, -0.05) is 387 Å². The molecule has 0 heterocycles. The summed E-state index contributed by atoms with van der Waals surface area (Å²) in [5, 5.41) is 2.67. The summed E-state index contributed by atoms with van der Waals surface area (Å²) in [6, 6.07) is 0. The molecule has 0 N–H and O–H groups in total. The van der Waals surface area contributed by atoms with E-state index in [2.05, 4.69) is 27.7 Å². The van der Waals surface area contributed by atoms with Crippen molar-refractivity contribution in [3.63, 3.8) is 0 Å². The van der Waals surface area contributed by atoms with Gasteiger partial charge in [-0.2, -0.15) is 0 Å². The zero-order valence-corrected chi connectivity index (χ0v) is 61.1. The van der Waals surface area contributed by atoms with Gasteiger partial charge in [0.1, 0.15) is 31.8 Å². The van der Waals surface area contributed by atoms with E-state index < -0.39 is 5.41 Å². The van der Waals surface area contributed by atoms with E-state index in [-0.39, 0.29) is 0 Å². The highest BCUT2D eigenvalue weighted by molar-refractivity contribution is 7.80. The third-order valence-corrected chi connectivity index (χ3v) is 19.4. The zero-order chi connectivity index (χ0) is 61.7. The van der Waals surface area contributed by atoms with E-state index in [0.29, 0.717) is 46.6 Å². The first-order valence-corrected chi connectivity index (χ1v) is 40.1. The molecule has 0 aromatic rings. The fourth-order valence-corrected chi connectivity index (χ4v) is 12.8. The van der Waals surface area contributed by atoms with Gasteiger partial charge in [-0.05, 0) is 74.6 Å². The number of hydrogen-bond acceptors (Lipinski definition) is 8. The van der Waals surface area contributed by atoms with Crippen molar-refractivity contribution in [3.05, 3.63) is 0 Å². The van der Waals surface area contributed by atoms with Crippen LogP contribution in [-0.4, -0.2) is 46.6 Å². The van der Waals surface area contributed by atoms with Crippen molar-refractivity contribution in [2.24, 2.45) is 5.41 Å². The van der Waals surface area contributed by atoms with Crippen LogP contribution in [0.3, 0.4) is 0 Å². The van der Waals surface area contributed by atoms with Gasteiger partial charge in [-0.25, -0.2) is 0 Å². The SMILES string of the molecule is CCCCCCCCCCCCCCCCCC(=S)OCC(COC(=S)CCCCCCCCCCCCCCCCC)(COC(=S)CCCCCCCCCCCCCCCCC)COC(=S)CCCCCCCCCCCCCCCCC. The molecule has 504 valence electrons. The van der Waals surface area contributed by atoms with Crippen LogP contribution >= 0.6 is 48.9 Å². The summed E-state index contributed by atoms with van der Waals surface area (Å²) >= 11 is 23.8. The molecule has 0 amide bonds. The summed E-state index contributed by atoms with van der Waals surface area (Å²) in [5.74, 6) is 0. The Kier molecular flexibility index (Phi) is 70.6. The normalized spacial score (nSPS) is 11.6. The van der Waals surface area contributed by atoms with Crippen molar-refractivity contribution >= 4 is 69.1 Å². The zero-order valence-electron chi connectivity index (χ0n) is 57.8. The van der Waals surface area contributed by atoms with Gasteiger partial charge in [-0.3, -0.25) is 0 Å². The second-order valence-electron chi connectivity index (χ2n) is 26.9. The van der Waals surface area contributed by atoms with Crippen molar-refractivity contribution in [2.75, 3.05) is 26.4 Å². The minimum atomic E-state index is -0.670. The van der Waals surface area contributed by atoms with Crippen LogP contribution in [0.4, 0.5) is 0 Å². The highest BCUT2D eigenvalue weighted by Crippen LogP contribution is 2.26. The first-order valence-electron chi connectivity index (χ1n) is 38.4. The van der Waals surface area contributed by atoms with Crippen LogP contribution in [0.15, 0.2) is 0 Å². The molecule has 0 aliphatic rings. The minimum absolute atomic E-state index is 0.329. The Morgan fingerprint density at radius 1 is 0.176 bits per heavy atom. The molecule has 0 bridgehead atoms. The van der Waals surface area contributed by atoms with E-state index in [9.17, 15) is 0 Å². The Morgan fingerprint density at radius 3 is 0.400 bits per heavy atom. The standard InChI is InChI=1S/C77H148O4S4/c1-5-9-13-17-21-25-29-33-37-41-45-49-53-57-61-65-73(82)78-69-77(70-79-74(83)66-62-58-54-50-46-42-38-34-30-26-22-18-14-10-6-2,71-80-75(84)67-63-59-55-51-47-43-39-35-31-27-23-19-15-11-7-3)72-81-76(85)68-64-60-56-52-48-44-40-36-32-28-24-20-16-12-8-4/h5-72H2,1-4H3. The molecule has 0 aliphatic heterocycles. The monoisotopic (exact) mass is 1270 g/mol. The third-order valence-electron chi connectivity index (χ3n) is 18.1. The lowest BCUT2D eigenvalue weighted by Crippen LogP contribution is -2.43. The van der Waals surface area contributed by atoms with Gasteiger partial charge in [0.25, 0.3) is 0 Å². The van der Waals surface area contributed by atoms with Crippen LogP contribution in [0.1, 0.15) is 439 Å². The van der Waals surface area contributed by atoms with Crippen molar-refractivity contribution < 1.29 is 18.9 Å². The van der Waals surface area contributed by atoms with Crippen LogP contribution in [0.2, 0.25) is 0 Å². The minimum Gasteiger partial charge on any atom is -0.486 e. The molecule has 0 radical (unpaired) electrons. The average molecular weight is 1270 g/mol. The summed E-state index contributed by atoms with van der Waals surface area (Å²) in [5.41, 5.74) is -0.670. The van der Waals surface area contributed by atoms with E-state index in [0.717, 1.165) is 51.4 Å². The van der Waals surface area contributed by atoms with Crippen LogP contribution < -0.4 is 0 Å². The van der Waals surface area contributed by atoms with E-state index in [1.165, 1.54) is 360 Å². The van der Waals surface area contributed by atoms with E-state index in [1.54, 1.807) is 0 Å². The quantitative estimate of drug-likeness (QED) is 0.0441. The fraction of sp³-hybridized carbons (Fsp3) is 0.948. The first kappa shape index (κ1) is 84.6. The average Bonchev–Trinajstić information content (AvgIpc) is 3.60. The Balaban J connectivity index is 5.40. The van der Waals surface area contributed by atoms with Gasteiger partial charge in [0.2, 0.25) is 0 Å². The van der Waals surface area contributed by atoms with Gasteiger partial charge in [0.05, 0.1) is 0 Å². The maximum atomic E-state index is 6.56. The molecule has 0 spiro atoms. The molecule has 0 atom stereocenters. The number of rotatable bonds is 72. The van der Waals surface area contributed by atoms with E-state index in [4.69, 9.17) is 67.8 Å². The maximum Gasteiger partial charge on any atom is 0.159 e. The third kappa shape index (κ3) is 66.3. The van der Waals surface area contributed by atoms with Crippen LogP contribution in [0.5, 0.6) is 0 Å². The van der Waals surface area contributed by atoms with Crippen LogP contribution in [-0.2, 0) is 18.9 Å². The lowest BCUT2D eigenvalue weighted by Gasteiger charge is -2.33. The topological polar surface area (TPSA) is 36.9 Å². The Morgan fingerprint density at radius 2 is 0.282 bits per heavy atom. The smallest absolute Gasteiger partial charge is 0.159 e. The summed E-state index contributed by atoms with van der Waals surface area (Å²) in [6.45, 7) is 10.5. The lowest BCUT2D eigenvalue weighted by molar-refractivity contribution is -0.0163.